The van der Waals surface area contributed by atoms with Crippen molar-refractivity contribution in [3.05, 3.63) is 0 Å². The Morgan fingerprint density at radius 1 is 1.32 bits per heavy atom. The Morgan fingerprint density at radius 2 is 2.11 bits per heavy atom. The fourth-order valence-electron chi connectivity index (χ4n) is 4.60. The number of nitrogens with zero attached hydrogens (tertiary/aromatic N) is 1. The molecule has 2 aliphatic carbocycles. The lowest BCUT2D eigenvalue weighted by Crippen LogP contribution is -2.48. The number of hydrogen-bond acceptors (Lipinski definition) is 3. The molecular weight excluding hydrogens is 238 g/mol. The van der Waals surface area contributed by atoms with Crippen LogP contribution in [-0.2, 0) is 4.79 Å². The Bertz CT molecular complexity index is 344. The molecule has 3 N–H and O–H groups in total. The number of amides is 1. The van der Waals surface area contributed by atoms with E-state index in [4.69, 9.17) is 5.73 Å². The summed E-state index contributed by atoms with van der Waals surface area (Å²) in [5, 5.41) is 3.19. The van der Waals surface area contributed by atoms with Gasteiger partial charge < -0.3 is 11.1 Å². The molecule has 19 heavy (non-hydrogen) atoms. The van der Waals surface area contributed by atoms with Gasteiger partial charge in [0, 0.05) is 18.6 Å². The van der Waals surface area contributed by atoms with Crippen molar-refractivity contribution in [2.75, 3.05) is 19.6 Å². The summed E-state index contributed by atoms with van der Waals surface area (Å²) in [5.41, 5.74) is 6.23. The van der Waals surface area contributed by atoms with Crippen molar-refractivity contribution in [1.82, 2.24) is 10.2 Å². The molecular formula is C15H27N3O. The molecule has 2 bridgehead atoms. The van der Waals surface area contributed by atoms with Crippen molar-refractivity contribution < 1.29 is 4.79 Å². The van der Waals surface area contributed by atoms with Gasteiger partial charge in [0.05, 0.1) is 5.92 Å². The van der Waals surface area contributed by atoms with Crippen molar-refractivity contribution in [1.29, 1.82) is 0 Å². The number of nitrogens with two attached hydrogens (primary N) is 1. The molecule has 0 aromatic rings. The van der Waals surface area contributed by atoms with Crippen LogP contribution in [0.5, 0.6) is 0 Å². The van der Waals surface area contributed by atoms with Crippen LogP contribution in [0.3, 0.4) is 0 Å². The van der Waals surface area contributed by atoms with Crippen molar-refractivity contribution in [3.63, 3.8) is 0 Å². The molecule has 1 amide bonds. The van der Waals surface area contributed by atoms with E-state index >= 15 is 0 Å². The van der Waals surface area contributed by atoms with Crippen LogP contribution >= 0.6 is 0 Å². The largest absolute Gasteiger partial charge is 0.354 e. The Kier molecular flexibility index (Phi) is 3.81. The minimum Gasteiger partial charge on any atom is -0.354 e. The number of nitrogens with one attached hydrogen (secondary N) is 1. The van der Waals surface area contributed by atoms with E-state index in [0.29, 0.717) is 17.9 Å². The van der Waals surface area contributed by atoms with Gasteiger partial charge in [-0.2, -0.15) is 0 Å². The van der Waals surface area contributed by atoms with Crippen molar-refractivity contribution >= 4 is 5.91 Å². The minimum atomic E-state index is 0.0928. The maximum absolute atomic E-state index is 12.4. The lowest BCUT2D eigenvalue weighted by molar-refractivity contribution is -0.127. The summed E-state index contributed by atoms with van der Waals surface area (Å²) < 4.78 is 0. The molecule has 2 saturated carbocycles. The molecule has 0 aromatic carbocycles. The van der Waals surface area contributed by atoms with Gasteiger partial charge in [0.15, 0.2) is 0 Å². The lowest BCUT2D eigenvalue weighted by atomic mass is 9.84. The van der Waals surface area contributed by atoms with E-state index in [1.54, 1.807) is 0 Å². The van der Waals surface area contributed by atoms with Crippen LogP contribution in [0.4, 0.5) is 0 Å². The van der Waals surface area contributed by atoms with Crippen molar-refractivity contribution in [2.24, 2.45) is 23.5 Å². The number of rotatable bonds is 4. The number of likely N-dealkylation sites (tertiary alicyclic amines) is 1. The zero-order chi connectivity index (χ0) is 13.4. The van der Waals surface area contributed by atoms with E-state index in [-0.39, 0.29) is 17.9 Å². The maximum Gasteiger partial charge on any atom is 0.225 e. The Hall–Kier alpha value is -0.610. The summed E-state index contributed by atoms with van der Waals surface area (Å²) >= 11 is 0. The molecule has 1 heterocycles. The molecule has 5 unspecified atom stereocenters. The second kappa shape index (κ2) is 5.41. The monoisotopic (exact) mass is 265 g/mol. The highest BCUT2D eigenvalue weighted by atomic mass is 16.2. The van der Waals surface area contributed by atoms with Gasteiger partial charge in [-0.1, -0.05) is 6.92 Å². The van der Waals surface area contributed by atoms with Crippen LogP contribution in [-0.4, -0.2) is 42.5 Å². The Balaban J connectivity index is 1.52. The predicted octanol–water partition coefficient (Wildman–Crippen LogP) is 0.960. The quantitative estimate of drug-likeness (QED) is 0.796. The van der Waals surface area contributed by atoms with Gasteiger partial charge in [0.25, 0.3) is 0 Å². The number of fused-ring (bicyclic) bond motifs is 2. The number of likely N-dealkylation sites (N-methyl/N-ethyl adjacent to an activating group) is 1. The van der Waals surface area contributed by atoms with Gasteiger partial charge in [0.2, 0.25) is 5.91 Å². The standard InChI is InChI=1S/C15H27N3O/c1-2-18-7-3-4-12(18)9-17-15(19)13-10-5-6-11(8-10)14(13)16/h10-14H,2-9,16H2,1H3,(H,17,19). The van der Waals surface area contributed by atoms with Crippen LogP contribution < -0.4 is 11.1 Å². The fraction of sp³-hybridized carbons (Fsp3) is 0.933. The van der Waals surface area contributed by atoms with E-state index in [2.05, 4.69) is 17.1 Å². The van der Waals surface area contributed by atoms with Crippen LogP contribution in [0.1, 0.15) is 39.0 Å². The normalized spacial score (nSPS) is 41.9. The third-order valence-electron chi connectivity index (χ3n) is 5.70. The number of carbonyl (C=O) groups excluding carboxylic acids is 1. The van der Waals surface area contributed by atoms with Gasteiger partial charge in [-0.05, 0) is 57.0 Å². The lowest BCUT2D eigenvalue weighted by Gasteiger charge is -2.29. The van der Waals surface area contributed by atoms with Gasteiger partial charge >= 0.3 is 0 Å². The summed E-state index contributed by atoms with van der Waals surface area (Å²) in [6.07, 6.45) is 6.12. The van der Waals surface area contributed by atoms with E-state index in [0.717, 1.165) is 13.1 Å². The highest BCUT2D eigenvalue weighted by Gasteiger charge is 2.49. The number of hydrogen-bond donors (Lipinski definition) is 2. The topological polar surface area (TPSA) is 58.4 Å². The van der Waals surface area contributed by atoms with Gasteiger partial charge in [-0.15, -0.1) is 0 Å². The fourth-order valence-corrected chi connectivity index (χ4v) is 4.60. The molecule has 5 atom stereocenters. The molecule has 3 fully saturated rings. The molecule has 108 valence electrons. The highest BCUT2D eigenvalue weighted by Crippen LogP contribution is 2.47. The molecule has 1 aliphatic heterocycles. The summed E-state index contributed by atoms with van der Waals surface area (Å²) in [6, 6.07) is 0.661. The first-order chi connectivity index (χ1) is 9.20. The highest BCUT2D eigenvalue weighted by molar-refractivity contribution is 5.80. The third-order valence-corrected chi connectivity index (χ3v) is 5.70. The van der Waals surface area contributed by atoms with Crippen LogP contribution in [0.25, 0.3) is 0 Å². The SMILES string of the molecule is CCN1CCCC1CNC(=O)C1C2CCC(C2)C1N. The minimum absolute atomic E-state index is 0.0928. The second-order valence-corrected chi connectivity index (χ2v) is 6.61. The second-order valence-electron chi connectivity index (χ2n) is 6.61. The molecule has 0 aromatic heterocycles. The molecule has 3 rings (SSSR count). The zero-order valence-electron chi connectivity index (χ0n) is 12.0. The van der Waals surface area contributed by atoms with Crippen molar-refractivity contribution in [3.8, 4) is 0 Å². The summed E-state index contributed by atoms with van der Waals surface area (Å²) in [4.78, 5) is 14.9. The van der Waals surface area contributed by atoms with Crippen LogP contribution in [0.15, 0.2) is 0 Å². The third kappa shape index (κ3) is 2.40. The van der Waals surface area contributed by atoms with E-state index in [1.807, 2.05) is 0 Å². The molecule has 0 radical (unpaired) electrons. The summed E-state index contributed by atoms with van der Waals surface area (Å²) in [6.45, 7) is 5.29. The molecule has 4 heteroatoms. The van der Waals surface area contributed by atoms with Gasteiger partial charge in [-0.3, -0.25) is 9.69 Å². The molecule has 0 spiro atoms. The maximum atomic E-state index is 12.4. The molecule has 4 nitrogen and oxygen atoms in total. The smallest absolute Gasteiger partial charge is 0.225 e. The number of carbonyl (C=O) groups is 1. The predicted molar refractivity (Wildman–Crippen MR) is 75.6 cm³/mol. The molecule has 3 aliphatic rings. The van der Waals surface area contributed by atoms with E-state index in [1.165, 1.54) is 38.6 Å². The first-order valence-corrected chi connectivity index (χ1v) is 7.98. The van der Waals surface area contributed by atoms with Gasteiger partial charge in [0.1, 0.15) is 0 Å². The summed E-state index contributed by atoms with van der Waals surface area (Å²) in [7, 11) is 0. The molecule has 1 saturated heterocycles. The first-order valence-electron chi connectivity index (χ1n) is 7.98. The van der Waals surface area contributed by atoms with E-state index in [9.17, 15) is 4.79 Å². The Morgan fingerprint density at radius 3 is 2.79 bits per heavy atom. The van der Waals surface area contributed by atoms with Crippen LogP contribution in [0.2, 0.25) is 0 Å². The zero-order valence-corrected chi connectivity index (χ0v) is 12.0. The Labute approximate surface area is 116 Å². The van der Waals surface area contributed by atoms with E-state index < -0.39 is 0 Å². The summed E-state index contributed by atoms with van der Waals surface area (Å²) in [5.74, 6) is 1.49. The van der Waals surface area contributed by atoms with Crippen LogP contribution in [0, 0.1) is 17.8 Å². The van der Waals surface area contributed by atoms with Gasteiger partial charge in [-0.25, -0.2) is 0 Å². The first kappa shape index (κ1) is 13.4. The average Bonchev–Trinajstić information content (AvgIpc) is 3.10. The van der Waals surface area contributed by atoms with Crippen molar-refractivity contribution in [2.45, 2.75) is 51.1 Å². The average molecular weight is 265 g/mol.